The lowest BCUT2D eigenvalue weighted by molar-refractivity contribution is -0.111. The van der Waals surface area contributed by atoms with E-state index in [-0.39, 0.29) is 5.91 Å². The molecule has 6 heteroatoms. The summed E-state index contributed by atoms with van der Waals surface area (Å²) in [6, 6.07) is 7.96. The van der Waals surface area contributed by atoms with Crippen LogP contribution in [0, 0.1) is 0 Å². The van der Waals surface area contributed by atoms with Gasteiger partial charge in [0.05, 0.1) is 6.04 Å². The summed E-state index contributed by atoms with van der Waals surface area (Å²) >= 11 is 0. The smallest absolute Gasteiger partial charge is 0.248 e. The molecule has 1 N–H and O–H groups in total. The van der Waals surface area contributed by atoms with Gasteiger partial charge in [-0.05, 0) is 60.5 Å². The van der Waals surface area contributed by atoms with Crippen molar-refractivity contribution in [1.29, 1.82) is 0 Å². The third-order valence-electron chi connectivity index (χ3n) is 3.11. The Kier molecular flexibility index (Phi) is 3.28. The van der Waals surface area contributed by atoms with Gasteiger partial charge in [0.2, 0.25) is 5.91 Å². The predicted octanol–water partition coefficient (Wildman–Crippen LogP) is 2.19. The van der Waals surface area contributed by atoms with E-state index in [2.05, 4.69) is 20.8 Å². The second-order valence-corrected chi connectivity index (χ2v) is 4.74. The van der Waals surface area contributed by atoms with Crippen molar-refractivity contribution in [2.45, 2.75) is 25.8 Å². The highest BCUT2D eigenvalue weighted by Gasteiger charge is 2.28. The summed E-state index contributed by atoms with van der Waals surface area (Å²) in [4.78, 5) is 11.4. The molecule has 0 radical (unpaired) electrons. The van der Waals surface area contributed by atoms with Crippen LogP contribution in [-0.4, -0.2) is 26.1 Å². The number of tetrazole rings is 1. The predicted molar refractivity (Wildman–Crippen MR) is 75.0 cm³/mol. The Labute approximate surface area is 116 Å². The Bertz CT molecular complexity index is 640. The number of carbonyl (C=O) groups is 1. The third-order valence-corrected chi connectivity index (χ3v) is 3.11. The van der Waals surface area contributed by atoms with Gasteiger partial charge in [-0.25, -0.2) is 4.68 Å². The van der Waals surface area contributed by atoms with Gasteiger partial charge in [0.25, 0.3) is 0 Å². The average Bonchev–Trinajstić information content (AvgIpc) is 3.18. The van der Waals surface area contributed by atoms with Crippen molar-refractivity contribution in [2.75, 3.05) is 5.32 Å². The van der Waals surface area contributed by atoms with Crippen LogP contribution in [-0.2, 0) is 4.79 Å². The fourth-order valence-corrected chi connectivity index (χ4v) is 1.99. The van der Waals surface area contributed by atoms with Crippen LogP contribution in [0.5, 0.6) is 0 Å². The average molecular weight is 269 g/mol. The molecule has 1 aliphatic carbocycles. The van der Waals surface area contributed by atoms with E-state index < -0.39 is 0 Å². The first-order valence-electron chi connectivity index (χ1n) is 6.60. The first-order chi connectivity index (χ1) is 9.78. The highest BCUT2D eigenvalue weighted by molar-refractivity contribution is 5.99. The van der Waals surface area contributed by atoms with Gasteiger partial charge in [-0.2, -0.15) is 0 Å². The summed E-state index contributed by atoms with van der Waals surface area (Å²) < 4.78 is 1.87. The van der Waals surface area contributed by atoms with E-state index in [4.69, 9.17) is 0 Å². The number of nitrogens with one attached hydrogen (secondary N) is 1. The van der Waals surface area contributed by atoms with Crippen LogP contribution >= 0.6 is 0 Å². The van der Waals surface area contributed by atoms with Gasteiger partial charge in [-0.15, -0.1) is 5.10 Å². The van der Waals surface area contributed by atoms with Crippen molar-refractivity contribution in [3.05, 3.63) is 36.4 Å². The van der Waals surface area contributed by atoms with E-state index in [0.717, 1.165) is 29.9 Å². The van der Waals surface area contributed by atoms with Gasteiger partial charge < -0.3 is 5.32 Å². The highest BCUT2D eigenvalue weighted by atomic mass is 16.1. The van der Waals surface area contributed by atoms with Gasteiger partial charge in [0, 0.05) is 11.3 Å². The maximum absolute atomic E-state index is 11.4. The van der Waals surface area contributed by atoms with Crippen molar-refractivity contribution in [2.24, 2.45) is 0 Å². The molecule has 20 heavy (non-hydrogen) atoms. The molecule has 1 saturated carbocycles. The molecule has 3 rings (SSSR count). The van der Waals surface area contributed by atoms with Gasteiger partial charge in [-0.3, -0.25) is 4.79 Å². The molecule has 1 aliphatic rings. The van der Waals surface area contributed by atoms with Gasteiger partial charge >= 0.3 is 0 Å². The second kappa shape index (κ2) is 5.24. The molecule has 0 atom stereocenters. The Balaban J connectivity index is 1.78. The molecule has 102 valence electrons. The molecule has 0 aliphatic heterocycles. The van der Waals surface area contributed by atoms with Crippen molar-refractivity contribution in [1.82, 2.24) is 20.2 Å². The summed E-state index contributed by atoms with van der Waals surface area (Å²) in [7, 11) is 0. The van der Waals surface area contributed by atoms with Crippen LogP contribution in [0.2, 0.25) is 0 Å². The van der Waals surface area contributed by atoms with Crippen LogP contribution in [0.1, 0.15) is 25.8 Å². The summed E-state index contributed by atoms with van der Waals surface area (Å²) in [6.07, 6.45) is 5.46. The zero-order valence-corrected chi connectivity index (χ0v) is 11.2. The number of nitrogens with zero attached hydrogens (tertiary/aromatic N) is 4. The largest absolute Gasteiger partial charge is 0.323 e. The topological polar surface area (TPSA) is 72.7 Å². The quantitative estimate of drug-likeness (QED) is 0.863. The van der Waals surface area contributed by atoms with E-state index in [9.17, 15) is 4.79 Å². The van der Waals surface area contributed by atoms with Crippen LogP contribution in [0.3, 0.4) is 0 Å². The standard InChI is InChI=1S/C14H15N5O/c1-2-3-13(20)15-11-6-4-10(5-7-11)14-16-17-18-19(14)12-8-9-12/h2-7,12H,8-9H2,1H3,(H,15,20)/b3-2+. The summed E-state index contributed by atoms with van der Waals surface area (Å²) in [6.45, 7) is 1.81. The third kappa shape index (κ3) is 2.59. The number of benzene rings is 1. The van der Waals surface area contributed by atoms with Crippen LogP contribution in [0.15, 0.2) is 36.4 Å². The first-order valence-corrected chi connectivity index (χ1v) is 6.60. The number of carbonyl (C=O) groups excluding carboxylic acids is 1. The van der Waals surface area contributed by atoms with Crippen LogP contribution < -0.4 is 5.32 Å². The van der Waals surface area contributed by atoms with E-state index in [1.165, 1.54) is 6.08 Å². The monoisotopic (exact) mass is 269 g/mol. The summed E-state index contributed by atoms with van der Waals surface area (Å²) in [5.74, 6) is 0.641. The second-order valence-electron chi connectivity index (χ2n) is 4.74. The number of hydrogen-bond acceptors (Lipinski definition) is 4. The fraction of sp³-hybridized carbons (Fsp3) is 0.286. The molecule has 1 heterocycles. The molecule has 0 saturated heterocycles. The van der Waals surface area contributed by atoms with Gasteiger partial charge in [0.15, 0.2) is 5.82 Å². The summed E-state index contributed by atoms with van der Waals surface area (Å²) in [5, 5.41) is 14.6. The Hall–Kier alpha value is -2.50. The maximum Gasteiger partial charge on any atom is 0.248 e. The SMILES string of the molecule is C/C=C/C(=O)Nc1ccc(-c2nnnn2C2CC2)cc1. The Morgan fingerprint density at radius 1 is 1.35 bits per heavy atom. The highest BCUT2D eigenvalue weighted by Crippen LogP contribution is 2.36. The number of anilines is 1. The minimum absolute atomic E-state index is 0.136. The molecular formula is C14H15N5O. The molecular weight excluding hydrogens is 254 g/mol. The molecule has 6 nitrogen and oxygen atoms in total. The number of hydrogen-bond donors (Lipinski definition) is 1. The Morgan fingerprint density at radius 2 is 2.10 bits per heavy atom. The molecule has 1 aromatic heterocycles. The van der Waals surface area contributed by atoms with Crippen molar-refractivity contribution < 1.29 is 4.79 Å². The lowest BCUT2D eigenvalue weighted by Crippen LogP contribution is -2.07. The van der Waals surface area contributed by atoms with E-state index in [0.29, 0.717) is 6.04 Å². The Morgan fingerprint density at radius 3 is 2.75 bits per heavy atom. The van der Waals surface area contributed by atoms with E-state index in [1.807, 2.05) is 28.9 Å². The molecule has 0 bridgehead atoms. The minimum atomic E-state index is -0.136. The fourth-order valence-electron chi connectivity index (χ4n) is 1.99. The molecule has 2 aromatic rings. The number of allylic oxidation sites excluding steroid dienone is 1. The normalized spacial score (nSPS) is 14.7. The van der Waals surface area contributed by atoms with E-state index in [1.54, 1.807) is 13.0 Å². The van der Waals surface area contributed by atoms with Gasteiger partial charge in [-0.1, -0.05) is 6.08 Å². The van der Waals surface area contributed by atoms with E-state index >= 15 is 0 Å². The zero-order chi connectivity index (χ0) is 13.9. The van der Waals surface area contributed by atoms with Crippen LogP contribution in [0.4, 0.5) is 5.69 Å². The summed E-state index contributed by atoms with van der Waals surface area (Å²) in [5.41, 5.74) is 1.70. The molecule has 0 unspecified atom stereocenters. The lowest BCUT2D eigenvalue weighted by Gasteiger charge is -2.05. The first kappa shape index (κ1) is 12.5. The molecule has 0 spiro atoms. The van der Waals surface area contributed by atoms with Crippen molar-refractivity contribution in [3.8, 4) is 11.4 Å². The number of aromatic nitrogens is 4. The lowest BCUT2D eigenvalue weighted by atomic mass is 10.2. The molecule has 1 fully saturated rings. The number of rotatable bonds is 4. The molecule has 1 amide bonds. The molecule has 1 aromatic carbocycles. The zero-order valence-electron chi connectivity index (χ0n) is 11.2. The van der Waals surface area contributed by atoms with Crippen LogP contribution in [0.25, 0.3) is 11.4 Å². The van der Waals surface area contributed by atoms with Crippen molar-refractivity contribution in [3.63, 3.8) is 0 Å². The maximum atomic E-state index is 11.4. The van der Waals surface area contributed by atoms with Crippen molar-refractivity contribution >= 4 is 11.6 Å². The minimum Gasteiger partial charge on any atom is -0.323 e. The number of amides is 1. The van der Waals surface area contributed by atoms with Gasteiger partial charge in [0.1, 0.15) is 0 Å².